The molecule has 0 saturated heterocycles. The lowest BCUT2D eigenvalue weighted by molar-refractivity contribution is -0.139. The van der Waals surface area contributed by atoms with Crippen LogP contribution in [0.3, 0.4) is 0 Å². The summed E-state index contributed by atoms with van der Waals surface area (Å²) in [6.45, 7) is 3.02. The molecular formula is C25H19BrF4N6O4. The highest BCUT2D eigenvalue weighted by Gasteiger charge is 2.37. The van der Waals surface area contributed by atoms with Crippen molar-refractivity contribution < 1.29 is 37.0 Å². The Labute approximate surface area is 232 Å². The zero-order chi connectivity index (χ0) is 29.2. The Hall–Kier alpha value is -4.40. The van der Waals surface area contributed by atoms with Crippen LogP contribution in [0, 0.1) is 5.82 Å². The SMILES string of the molecule is CC(C)N(C(=O)c1ccc(Br)cn1)c1cc(F)c(Oc2ncc(Cn3nccn3)cc2C(F)(F)F)cc1C(=O)O. The maximum absolute atomic E-state index is 15.3. The Morgan fingerprint density at radius 3 is 2.38 bits per heavy atom. The van der Waals surface area contributed by atoms with E-state index in [4.69, 9.17) is 4.74 Å². The van der Waals surface area contributed by atoms with E-state index in [1.54, 1.807) is 19.9 Å². The molecular weight excluding hydrogens is 604 g/mol. The van der Waals surface area contributed by atoms with Gasteiger partial charge in [0.15, 0.2) is 11.6 Å². The number of ether oxygens (including phenoxy) is 1. The molecule has 4 aromatic rings. The van der Waals surface area contributed by atoms with Crippen molar-refractivity contribution in [3.05, 3.63) is 87.8 Å². The number of carbonyl (C=O) groups is 2. The molecule has 208 valence electrons. The van der Waals surface area contributed by atoms with Crippen LogP contribution in [0.25, 0.3) is 0 Å². The molecule has 40 heavy (non-hydrogen) atoms. The van der Waals surface area contributed by atoms with Crippen LogP contribution >= 0.6 is 15.9 Å². The van der Waals surface area contributed by atoms with Gasteiger partial charge in [-0.25, -0.2) is 19.2 Å². The number of rotatable bonds is 8. The molecule has 1 N–H and O–H groups in total. The minimum atomic E-state index is -4.94. The normalized spacial score (nSPS) is 11.5. The predicted molar refractivity (Wildman–Crippen MR) is 136 cm³/mol. The number of aromatic nitrogens is 5. The summed E-state index contributed by atoms with van der Waals surface area (Å²) in [6, 6.07) is 4.45. The molecule has 15 heteroatoms. The zero-order valence-corrected chi connectivity index (χ0v) is 22.3. The van der Waals surface area contributed by atoms with E-state index in [1.807, 2.05) is 0 Å². The maximum atomic E-state index is 15.3. The van der Waals surface area contributed by atoms with Crippen molar-refractivity contribution in [1.29, 1.82) is 0 Å². The van der Waals surface area contributed by atoms with Gasteiger partial charge in [-0.3, -0.25) is 4.79 Å². The molecule has 0 aliphatic rings. The summed E-state index contributed by atoms with van der Waals surface area (Å²) in [7, 11) is 0. The van der Waals surface area contributed by atoms with Crippen LogP contribution in [-0.4, -0.2) is 48.0 Å². The molecule has 10 nitrogen and oxygen atoms in total. The van der Waals surface area contributed by atoms with Gasteiger partial charge in [0.2, 0.25) is 5.88 Å². The van der Waals surface area contributed by atoms with Gasteiger partial charge >= 0.3 is 12.1 Å². The summed E-state index contributed by atoms with van der Waals surface area (Å²) in [5, 5.41) is 17.5. The first-order chi connectivity index (χ1) is 18.8. The molecule has 0 fully saturated rings. The number of amides is 1. The highest BCUT2D eigenvalue weighted by Crippen LogP contribution is 2.39. The first-order valence-electron chi connectivity index (χ1n) is 11.4. The molecule has 1 amide bonds. The summed E-state index contributed by atoms with van der Waals surface area (Å²) in [6.07, 6.45) is 0.198. The standard InChI is InChI=1S/C25H19BrF4N6O4/c1-13(2)36(23(37)19-4-3-15(26)11-31-19)20-9-18(27)21(8-16(20)24(38)39)40-22-17(25(28,29)30)7-14(10-32-22)12-35-33-5-6-34-35/h3-11,13H,12H2,1-2H3,(H,38,39). The van der Waals surface area contributed by atoms with Gasteiger partial charge in [-0.15, -0.1) is 0 Å². The van der Waals surface area contributed by atoms with E-state index >= 15 is 4.39 Å². The zero-order valence-electron chi connectivity index (χ0n) is 20.7. The van der Waals surface area contributed by atoms with Crippen LogP contribution in [-0.2, 0) is 12.7 Å². The van der Waals surface area contributed by atoms with Crippen molar-refractivity contribution in [2.24, 2.45) is 0 Å². The Bertz CT molecular complexity index is 1550. The second-order valence-electron chi connectivity index (χ2n) is 8.59. The summed E-state index contributed by atoms with van der Waals surface area (Å²) in [4.78, 5) is 35.2. The minimum absolute atomic E-state index is 0.0432. The summed E-state index contributed by atoms with van der Waals surface area (Å²) < 4.78 is 62.6. The third kappa shape index (κ3) is 6.25. The second kappa shape index (κ2) is 11.4. The van der Waals surface area contributed by atoms with Crippen LogP contribution in [0.15, 0.2) is 59.6 Å². The molecule has 0 radical (unpaired) electrons. The van der Waals surface area contributed by atoms with E-state index in [0.29, 0.717) is 16.6 Å². The van der Waals surface area contributed by atoms with Gasteiger partial charge in [-0.05, 0) is 53.5 Å². The quantitative estimate of drug-likeness (QED) is 0.253. The molecule has 0 bridgehead atoms. The monoisotopic (exact) mass is 622 g/mol. The number of benzene rings is 1. The lowest BCUT2D eigenvalue weighted by Crippen LogP contribution is -2.38. The van der Waals surface area contributed by atoms with Gasteiger partial charge in [0, 0.05) is 35.0 Å². The van der Waals surface area contributed by atoms with Crippen molar-refractivity contribution in [1.82, 2.24) is 25.0 Å². The van der Waals surface area contributed by atoms with Crippen molar-refractivity contribution in [2.45, 2.75) is 32.6 Å². The number of nitrogens with zero attached hydrogens (tertiary/aromatic N) is 6. The molecule has 0 unspecified atom stereocenters. The van der Waals surface area contributed by atoms with Crippen molar-refractivity contribution in [3.8, 4) is 11.6 Å². The third-order valence-electron chi connectivity index (χ3n) is 5.43. The third-order valence-corrected chi connectivity index (χ3v) is 5.90. The average molecular weight is 623 g/mol. The molecule has 0 saturated carbocycles. The summed E-state index contributed by atoms with van der Waals surface area (Å²) in [5.74, 6) is -5.35. The number of aromatic carboxylic acids is 1. The average Bonchev–Trinajstić information content (AvgIpc) is 3.39. The van der Waals surface area contributed by atoms with Crippen LogP contribution < -0.4 is 9.64 Å². The number of carboxylic acid groups (broad SMARTS) is 1. The first kappa shape index (κ1) is 28.6. The molecule has 0 aliphatic carbocycles. The Balaban J connectivity index is 1.74. The molecule has 1 aromatic carbocycles. The first-order valence-corrected chi connectivity index (χ1v) is 12.2. The summed E-state index contributed by atoms with van der Waals surface area (Å²) in [5.41, 5.74) is -2.21. The van der Waals surface area contributed by atoms with Gasteiger partial charge in [0.25, 0.3) is 5.91 Å². The van der Waals surface area contributed by atoms with Gasteiger partial charge in [0.1, 0.15) is 11.3 Å². The van der Waals surface area contributed by atoms with E-state index in [9.17, 15) is 27.9 Å². The number of anilines is 1. The Morgan fingerprint density at radius 2 is 1.80 bits per heavy atom. The molecule has 0 aliphatic heterocycles. The van der Waals surface area contributed by atoms with Gasteiger partial charge in [-0.1, -0.05) is 0 Å². The molecule has 0 spiro atoms. The molecule has 3 aromatic heterocycles. The number of hydrogen-bond acceptors (Lipinski definition) is 7. The number of carbonyl (C=O) groups excluding carboxylic acids is 1. The van der Waals surface area contributed by atoms with Crippen molar-refractivity contribution in [3.63, 3.8) is 0 Å². The summed E-state index contributed by atoms with van der Waals surface area (Å²) >= 11 is 3.20. The second-order valence-corrected chi connectivity index (χ2v) is 9.51. The number of halogens is 5. The van der Waals surface area contributed by atoms with Crippen LogP contribution in [0.4, 0.5) is 23.2 Å². The van der Waals surface area contributed by atoms with Gasteiger partial charge in [-0.2, -0.15) is 28.2 Å². The van der Waals surface area contributed by atoms with Gasteiger partial charge in [0.05, 0.1) is 30.2 Å². The minimum Gasteiger partial charge on any atom is -0.478 e. The Morgan fingerprint density at radius 1 is 1.10 bits per heavy atom. The van der Waals surface area contributed by atoms with E-state index in [0.717, 1.165) is 22.0 Å². The lowest BCUT2D eigenvalue weighted by atomic mass is 10.1. The molecule has 3 heterocycles. The predicted octanol–water partition coefficient (Wildman–Crippen LogP) is 5.58. The van der Waals surface area contributed by atoms with Crippen molar-refractivity contribution >= 4 is 33.5 Å². The van der Waals surface area contributed by atoms with Crippen molar-refractivity contribution in [2.75, 3.05) is 4.90 Å². The number of pyridine rings is 2. The number of carboxylic acids is 1. The fraction of sp³-hybridized carbons (Fsp3) is 0.200. The van der Waals surface area contributed by atoms with Crippen LogP contribution in [0.5, 0.6) is 11.6 Å². The van der Waals surface area contributed by atoms with E-state index in [1.165, 1.54) is 24.7 Å². The van der Waals surface area contributed by atoms with E-state index in [2.05, 4.69) is 36.1 Å². The maximum Gasteiger partial charge on any atom is 0.421 e. The number of hydrogen-bond donors (Lipinski definition) is 1. The molecule has 4 rings (SSSR count). The Kier molecular flexibility index (Phi) is 8.13. The smallest absolute Gasteiger partial charge is 0.421 e. The fourth-order valence-electron chi connectivity index (χ4n) is 3.70. The molecule has 0 atom stereocenters. The lowest BCUT2D eigenvalue weighted by Gasteiger charge is -2.28. The van der Waals surface area contributed by atoms with Gasteiger partial charge < -0.3 is 14.7 Å². The van der Waals surface area contributed by atoms with E-state index in [-0.39, 0.29) is 23.5 Å². The van der Waals surface area contributed by atoms with E-state index < -0.39 is 52.7 Å². The largest absolute Gasteiger partial charge is 0.478 e. The van der Waals surface area contributed by atoms with Crippen LogP contribution in [0.2, 0.25) is 0 Å². The highest BCUT2D eigenvalue weighted by molar-refractivity contribution is 9.10. The topological polar surface area (TPSA) is 123 Å². The highest BCUT2D eigenvalue weighted by atomic mass is 79.9. The fourth-order valence-corrected chi connectivity index (χ4v) is 3.93. The number of alkyl halides is 3. The van der Waals surface area contributed by atoms with Crippen LogP contribution in [0.1, 0.15) is 45.8 Å².